The van der Waals surface area contributed by atoms with E-state index >= 15 is 0 Å². The van der Waals surface area contributed by atoms with Crippen LogP contribution in [0.4, 0.5) is 28.4 Å². The number of aliphatic hydroxyl groups is 1. The van der Waals surface area contributed by atoms with Gasteiger partial charge in [-0.3, -0.25) is 9.52 Å². The van der Waals surface area contributed by atoms with Gasteiger partial charge in [0, 0.05) is 19.5 Å². The van der Waals surface area contributed by atoms with E-state index < -0.39 is 50.4 Å². The number of rotatable bonds is 7. The van der Waals surface area contributed by atoms with Crippen LogP contribution in [-0.2, 0) is 10.0 Å². The van der Waals surface area contributed by atoms with Gasteiger partial charge in [0.15, 0.2) is 5.13 Å². The molecular formula is C23H24F4N4O4S2. The largest absolute Gasteiger partial charge is 0.390 e. The Hall–Kier alpha value is -2.97. The zero-order valence-corrected chi connectivity index (χ0v) is 21.2. The van der Waals surface area contributed by atoms with E-state index in [0.717, 1.165) is 42.5 Å². The Morgan fingerprint density at radius 1 is 1.24 bits per heavy atom. The topological polar surface area (TPSA) is 126 Å². The van der Waals surface area contributed by atoms with E-state index in [9.17, 15) is 35.9 Å². The number of sulfonamides is 1. The molecule has 2 aromatic carbocycles. The van der Waals surface area contributed by atoms with Gasteiger partial charge < -0.3 is 15.7 Å². The van der Waals surface area contributed by atoms with E-state index in [2.05, 4.69) is 9.71 Å². The number of likely N-dealkylation sites (tertiary alicyclic amines) is 1. The second-order valence-electron chi connectivity index (χ2n) is 9.19. The average molecular weight is 561 g/mol. The highest BCUT2D eigenvalue weighted by molar-refractivity contribution is 7.93. The molecule has 0 atom stereocenters. The summed E-state index contributed by atoms with van der Waals surface area (Å²) < 4.78 is 83.4. The summed E-state index contributed by atoms with van der Waals surface area (Å²) in [5, 5.41) is 10.6. The summed E-state index contributed by atoms with van der Waals surface area (Å²) in [6, 6.07) is 4.99. The Morgan fingerprint density at radius 2 is 1.92 bits per heavy atom. The summed E-state index contributed by atoms with van der Waals surface area (Å²) in [4.78, 5) is 17.6. The maximum absolute atomic E-state index is 14.9. The van der Waals surface area contributed by atoms with Crippen LogP contribution in [-0.4, -0.2) is 53.9 Å². The van der Waals surface area contributed by atoms with Crippen molar-refractivity contribution < 1.29 is 35.9 Å². The molecule has 1 amide bonds. The fraction of sp³-hybridized carbons (Fsp3) is 0.391. The van der Waals surface area contributed by atoms with E-state index in [0.29, 0.717) is 0 Å². The number of fused-ring (bicyclic) bond motifs is 1. The Bertz CT molecular complexity index is 1450. The maximum atomic E-state index is 14.9. The van der Waals surface area contributed by atoms with Gasteiger partial charge in [-0.05, 0) is 56.5 Å². The second-order valence-corrected chi connectivity index (χ2v) is 11.9. The highest BCUT2D eigenvalue weighted by atomic mass is 32.2. The lowest BCUT2D eigenvalue weighted by Gasteiger charge is -2.38. The predicted octanol–water partition coefficient (Wildman–Crippen LogP) is 4.36. The number of anilines is 2. The van der Waals surface area contributed by atoms with Gasteiger partial charge >= 0.3 is 0 Å². The number of piperidine rings is 1. The number of nitrogens with one attached hydrogen (secondary N) is 1. The number of halogens is 4. The Kier molecular flexibility index (Phi) is 7.12. The fourth-order valence-corrected chi connectivity index (χ4v) is 6.23. The zero-order valence-electron chi connectivity index (χ0n) is 19.6. The summed E-state index contributed by atoms with van der Waals surface area (Å²) >= 11 is 0.911. The Labute approximate surface area is 214 Å². The van der Waals surface area contributed by atoms with Crippen molar-refractivity contribution in [2.75, 3.05) is 23.5 Å². The number of carbonyl (C=O) groups excluding carboxylic acids is 1. The Morgan fingerprint density at radius 3 is 2.54 bits per heavy atom. The molecule has 1 aliphatic rings. The first-order valence-corrected chi connectivity index (χ1v) is 13.5. The van der Waals surface area contributed by atoms with Crippen molar-refractivity contribution in [3.63, 3.8) is 0 Å². The summed E-state index contributed by atoms with van der Waals surface area (Å²) in [6.07, 6.45) is -0.470. The fourth-order valence-electron chi connectivity index (χ4n) is 4.15. The molecule has 1 aromatic heterocycles. The molecule has 0 unspecified atom stereocenters. The van der Waals surface area contributed by atoms with Gasteiger partial charge in [0.05, 0.1) is 21.6 Å². The molecule has 3 aromatic rings. The third-order valence-corrected chi connectivity index (χ3v) is 8.42. The average Bonchev–Trinajstić information content (AvgIpc) is 3.16. The van der Waals surface area contributed by atoms with E-state index in [1.54, 1.807) is 0 Å². The first-order valence-electron chi connectivity index (χ1n) is 11.2. The first kappa shape index (κ1) is 27.1. The molecule has 8 nitrogen and oxygen atoms in total. The van der Waals surface area contributed by atoms with Crippen molar-refractivity contribution in [1.29, 1.82) is 0 Å². The number of aromatic nitrogens is 1. The molecular weight excluding hydrogens is 536 g/mol. The molecule has 0 aliphatic carbocycles. The molecule has 1 saturated heterocycles. The summed E-state index contributed by atoms with van der Waals surface area (Å²) in [5.74, 6) is -5.41. The summed E-state index contributed by atoms with van der Waals surface area (Å²) in [5.41, 5.74) is 3.73. The van der Waals surface area contributed by atoms with E-state index in [1.165, 1.54) is 11.0 Å². The smallest absolute Gasteiger partial charge is 0.264 e. The van der Waals surface area contributed by atoms with E-state index in [-0.39, 0.29) is 59.0 Å². The number of thiazole rings is 1. The molecule has 200 valence electrons. The second kappa shape index (κ2) is 9.72. The van der Waals surface area contributed by atoms with Crippen LogP contribution in [0.1, 0.15) is 43.0 Å². The number of hydrogen-bond donors (Lipinski definition) is 3. The first-order chi connectivity index (χ1) is 17.2. The van der Waals surface area contributed by atoms with Crippen LogP contribution in [0, 0.1) is 11.6 Å². The molecule has 2 heterocycles. The standard InChI is InChI=1S/C23H24F4N4O4S2/c1-22(26,27)4-5-23(33)6-8-31(9-7-23)20(32)15-3-2-14(12-16(15)25)30-37(34,35)18-11-13(24)10-17-19(18)29-21(28)36-17/h2-3,10-12,30,33H,4-9H2,1H3,(H2,28,29). The minimum absolute atomic E-state index is 0.0311. The molecule has 0 radical (unpaired) electrons. The lowest BCUT2D eigenvalue weighted by Crippen LogP contribution is -2.47. The van der Waals surface area contributed by atoms with Gasteiger partial charge in [-0.1, -0.05) is 11.3 Å². The van der Waals surface area contributed by atoms with E-state index in [1.807, 2.05) is 0 Å². The molecule has 0 saturated carbocycles. The number of alkyl halides is 2. The van der Waals surface area contributed by atoms with Crippen LogP contribution in [0.5, 0.6) is 0 Å². The van der Waals surface area contributed by atoms with Crippen molar-refractivity contribution in [2.45, 2.75) is 49.0 Å². The minimum atomic E-state index is -4.39. The van der Waals surface area contributed by atoms with Gasteiger partial charge in [-0.25, -0.2) is 31.0 Å². The van der Waals surface area contributed by atoms with Crippen LogP contribution in [0.25, 0.3) is 10.2 Å². The monoisotopic (exact) mass is 560 g/mol. The minimum Gasteiger partial charge on any atom is -0.390 e. The summed E-state index contributed by atoms with van der Waals surface area (Å²) in [7, 11) is -4.39. The van der Waals surface area contributed by atoms with Gasteiger partial charge in [-0.2, -0.15) is 0 Å². The number of nitrogen functional groups attached to an aromatic ring is 1. The van der Waals surface area contributed by atoms with Crippen molar-refractivity contribution in [3.8, 4) is 0 Å². The predicted molar refractivity (Wildman–Crippen MR) is 131 cm³/mol. The molecule has 0 bridgehead atoms. The molecule has 1 aliphatic heterocycles. The number of amides is 1. The van der Waals surface area contributed by atoms with Gasteiger partial charge in [0.1, 0.15) is 22.0 Å². The molecule has 4 N–H and O–H groups in total. The van der Waals surface area contributed by atoms with Crippen molar-refractivity contribution in [3.05, 3.63) is 47.5 Å². The highest BCUT2D eigenvalue weighted by Crippen LogP contribution is 2.33. The van der Waals surface area contributed by atoms with Crippen LogP contribution in [0.3, 0.4) is 0 Å². The Balaban J connectivity index is 1.47. The van der Waals surface area contributed by atoms with Crippen molar-refractivity contribution in [1.82, 2.24) is 9.88 Å². The molecule has 37 heavy (non-hydrogen) atoms. The zero-order chi connectivity index (χ0) is 27.2. The summed E-state index contributed by atoms with van der Waals surface area (Å²) in [6.45, 7) is 0.866. The van der Waals surface area contributed by atoms with E-state index in [4.69, 9.17) is 5.73 Å². The lowest BCUT2D eigenvalue weighted by molar-refractivity contribution is -0.0571. The molecule has 4 rings (SSSR count). The highest BCUT2D eigenvalue weighted by Gasteiger charge is 2.37. The normalized spacial score (nSPS) is 16.2. The SMILES string of the molecule is CC(F)(F)CCC1(O)CCN(C(=O)c2ccc(NS(=O)(=O)c3cc(F)cc4sc(N)nc34)cc2F)CC1. The van der Waals surface area contributed by atoms with Crippen LogP contribution in [0.15, 0.2) is 35.2 Å². The van der Waals surface area contributed by atoms with Gasteiger partial charge in [0.25, 0.3) is 15.9 Å². The number of carbonyl (C=O) groups is 1. The van der Waals surface area contributed by atoms with Crippen LogP contribution in [0.2, 0.25) is 0 Å². The third-order valence-electron chi connectivity index (χ3n) is 6.19. The molecule has 1 fully saturated rings. The number of benzene rings is 2. The van der Waals surface area contributed by atoms with Crippen LogP contribution < -0.4 is 10.5 Å². The number of nitrogens with zero attached hydrogens (tertiary/aromatic N) is 2. The third kappa shape index (κ3) is 6.13. The van der Waals surface area contributed by atoms with Crippen molar-refractivity contribution in [2.24, 2.45) is 0 Å². The number of hydrogen-bond acceptors (Lipinski definition) is 7. The van der Waals surface area contributed by atoms with Crippen molar-refractivity contribution >= 4 is 48.3 Å². The number of nitrogens with two attached hydrogens (primary N) is 1. The maximum Gasteiger partial charge on any atom is 0.264 e. The van der Waals surface area contributed by atoms with Gasteiger partial charge in [-0.15, -0.1) is 0 Å². The lowest BCUT2D eigenvalue weighted by atomic mass is 9.86. The van der Waals surface area contributed by atoms with Crippen LogP contribution >= 0.6 is 11.3 Å². The quantitative estimate of drug-likeness (QED) is 0.369. The van der Waals surface area contributed by atoms with Gasteiger partial charge in [0.2, 0.25) is 5.92 Å². The molecule has 14 heteroatoms. The molecule has 0 spiro atoms.